The third kappa shape index (κ3) is 1.23. The quantitative estimate of drug-likeness (QED) is 0.713. The molecule has 0 fully saturated rings. The van der Waals surface area contributed by atoms with Gasteiger partial charge in [-0.15, -0.1) is 5.48 Å². The summed E-state index contributed by atoms with van der Waals surface area (Å²) in [6.07, 6.45) is 0. The molecule has 2 heterocycles. The van der Waals surface area contributed by atoms with Crippen LogP contribution >= 0.6 is 0 Å². The first kappa shape index (κ1) is 10.9. The number of amides is 1. The molecule has 0 spiro atoms. The molecular weight excluding hydrogens is 234 g/mol. The van der Waals surface area contributed by atoms with E-state index in [4.69, 9.17) is 4.84 Å². The second kappa shape index (κ2) is 3.39. The lowest BCUT2D eigenvalue weighted by Crippen LogP contribution is -2.54. The van der Waals surface area contributed by atoms with E-state index in [1.54, 1.807) is 38.2 Å². The van der Waals surface area contributed by atoms with E-state index in [-0.39, 0.29) is 5.91 Å². The van der Waals surface area contributed by atoms with Crippen molar-refractivity contribution in [2.45, 2.75) is 12.5 Å². The third-order valence-electron chi connectivity index (χ3n) is 3.20. The first-order chi connectivity index (χ1) is 8.54. The number of carbonyl (C=O) groups excluding carboxylic acids is 2. The molecule has 18 heavy (non-hydrogen) atoms. The third-order valence-corrected chi connectivity index (χ3v) is 3.20. The number of hydrogen-bond acceptors (Lipinski definition) is 5. The zero-order chi connectivity index (χ0) is 12.9. The van der Waals surface area contributed by atoms with Crippen molar-refractivity contribution in [1.82, 2.24) is 10.5 Å². The van der Waals surface area contributed by atoms with Gasteiger partial charge in [0.05, 0.1) is 5.56 Å². The molecule has 6 nitrogen and oxygen atoms in total. The summed E-state index contributed by atoms with van der Waals surface area (Å²) in [5.74, 6) is -0.776. The van der Waals surface area contributed by atoms with Crippen molar-refractivity contribution in [3.8, 4) is 0 Å². The number of hydroxylamine groups is 1. The molecular formula is C12H11N3O3. The van der Waals surface area contributed by atoms with Gasteiger partial charge in [-0.2, -0.15) is 5.10 Å². The van der Waals surface area contributed by atoms with E-state index in [2.05, 4.69) is 10.6 Å². The summed E-state index contributed by atoms with van der Waals surface area (Å²) in [5.41, 5.74) is 2.91. The van der Waals surface area contributed by atoms with E-state index in [1.165, 1.54) is 5.01 Å². The fourth-order valence-corrected chi connectivity index (χ4v) is 2.21. The highest BCUT2D eigenvalue weighted by atomic mass is 16.7. The molecule has 0 saturated heterocycles. The lowest BCUT2D eigenvalue weighted by molar-refractivity contribution is -0.135. The lowest BCUT2D eigenvalue weighted by Gasteiger charge is -2.21. The lowest BCUT2D eigenvalue weighted by atomic mass is 9.89. The molecule has 2 aliphatic heterocycles. The van der Waals surface area contributed by atoms with E-state index in [1.807, 2.05) is 0 Å². The van der Waals surface area contributed by atoms with Gasteiger partial charge in [0.15, 0.2) is 5.54 Å². The highest BCUT2D eigenvalue weighted by Crippen LogP contribution is 2.28. The molecule has 1 amide bonds. The van der Waals surface area contributed by atoms with Crippen LogP contribution in [-0.2, 0) is 9.63 Å². The van der Waals surface area contributed by atoms with Gasteiger partial charge in [-0.3, -0.25) is 4.79 Å². The standard InChI is InChI=1S/C12H11N3O3/c1-12-9(13-15(2)11(12)17)7-5-3-4-6-8(7)10(16)18-14-12/h3-6,14H,1-2H3. The van der Waals surface area contributed by atoms with Crippen LogP contribution in [-0.4, -0.2) is 35.2 Å². The second-order valence-corrected chi connectivity index (χ2v) is 4.44. The van der Waals surface area contributed by atoms with Gasteiger partial charge < -0.3 is 4.84 Å². The molecule has 1 aromatic carbocycles. The van der Waals surface area contributed by atoms with Crippen LogP contribution in [0.1, 0.15) is 22.8 Å². The maximum absolute atomic E-state index is 12.1. The highest BCUT2D eigenvalue weighted by Gasteiger charge is 2.50. The Kier molecular flexibility index (Phi) is 2.06. The van der Waals surface area contributed by atoms with Crippen molar-refractivity contribution in [3.05, 3.63) is 35.4 Å². The minimum absolute atomic E-state index is 0.262. The van der Waals surface area contributed by atoms with Crippen LogP contribution in [0.3, 0.4) is 0 Å². The highest BCUT2D eigenvalue weighted by molar-refractivity contribution is 6.26. The fourth-order valence-electron chi connectivity index (χ4n) is 2.21. The van der Waals surface area contributed by atoms with Gasteiger partial charge >= 0.3 is 5.97 Å². The van der Waals surface area contributed by atoms with Crippen molar-refractivity contribution in [2.24, 2.45) is 5.10 Å². The molecule has 1 atom stereocenters. The number of benzene rings is 1. The van der Waals surface area contributed by atoms with Gasteiger partial charge in [0.25, 0.3) is 5.91 Å². The maximum atomic E-state index is 12.1. The van der Waals surface area contributed by atoms with Crippen molar-refractivity contribution in [2.75, 3.05) is 7.05 Å². The van der Waals surface area contributed by atoms with Crippen LogP contribution in [0, 0.1) is 0 Å². The average Bonchev–Trinajstić information content (AvgIpc) is 2.54. The fraction of sp³-hybridized carbons (Fsp3) is 0.250. The summed E-state index contributed by atoms with van der Waals surface area (Å²) in [4.78, 5) is 28.8. The monoisotopic (exact) mass is 245 g/mol. The molecule has 92 valence electrons. The summed E-state index contributed by atoms with van der Waals surface area (Å²) >= 11 is 0. The van der Waals surface area contributed by atoms with Crippen LogP contribution in [0.25, 0.3) is 0 Å². The molecule has 3 rings (SSSR count). The first-order valence-corrected chi connectivity index (χ1v) is 5.49. The van der Waals surface area contributed by atoms with Gasteiger partial charge in [-0.25, -0.2) is 9.80 Å². The van der Waals surface area contributed by atoms with E-state index in [0.29, 0.717) is 16.8 Å². The molecule has 0 aliphatic carbocycles. The second-order valence-electron chi connectivity index (χ2n) is 4.44. The number of hydrazone groups is 1. The Morgan fingerprint density at radius 1 is 1.28 bits per heavy atom. The number of likely N-dealkylation sites (N-methyl/N-ethyl adjacent to an activating group) is 1. The first-order valence-electron chi connectivity index (χ1n) is 5.49. The Hall–Kier alpha value is -2.21. The number of hydrogen-bond donors (Lipinski definition) is 1. The van der Waals surface area contributed by atoms with E-state index >= 15 is 0 Å². The Morgan fingerprint density at radius 2 is 1.94 bits per heavy atom. The summed E-state index contributed by atoms with van der Waals surface area (Å²) in [6, 6.07) is 6.94. The van der Waals surface area contributed by atoms with Crippen LogP contribution in [0.4, 0.5) is 0 Å². The van der Waals surface area contributed by atoms with Crippen molar-refractivity contribution < 1.29 is 14.4 Å². The molecule has 1 aromatic rings. The van der Waals surface area contributed by atoms with E-state index in [9.17, 15) is 9.59 Å². The summed E-state index contributed by atoms with van der Waals surface area (Å²) in [5, 5.41) is 5.45. The minimum Gasteiger partial charge on any atom is -0.365 e. The smallest absolute Gasteiger partial charge is 0.357 e. The van der Waals surface area contributed by atoms with Crippen LogP contribution < -0.4 is 5.48 Å². The molecule has 1 N–H and O–H groups in total. The Bertz CT molecular complexity index is 596. The predicted molar refractivity (Wildman–Crippen MR) is 62.7 cm³/mol. The van der Waals surface area contributed by atoms with Gasteiger partial charge in [-0.1, -0.05) is 18.2 Å². The predicted octanol–water partition coefficient (Wildman–Crippen LogP) is 0.296. The van der Waals surface area contributed by atoms with Crippen LogP contribution in [0.15, 0.2) is 29.4 Å². The van der Waals surface area contributed by atoms with Crippen molar-refractivity contribution in [1.29, 1.82) is 0 Å². The molecule has 2 aliphatic rings. The summed E-state index contributed by atoms with van der Waals surface area (Å²) in [7, 11) is 1.57. The topological polar surface area (TPSA) is 71.0 Å². The van der Waals surface area contributed by atoms with Crippen LogP contribution in [0.5, 0.6) is 0 Å². The van der Waals surface area contributed by atoms with Crippen molar-refractivity contribution >= 4 is 17.6 Å². The molecule has 0 aromatic heterocycles. The molecule has 0 saturated carbocycles. The van der Waals surface area contributed by atoms with Gasteiger partial charge in [-0.05, 0) is 13.0 Å². The Balaban J connectivity index is 2.27. The van der Waals surface area contributed by atoms with Crippen LogP contribution in [0.2, 0.25) is 0 Å². The molecule has 0 bridgehead atoms. The Labute approximate surface area is 103 Å². The normalized spacial score (nSPS) is 26.1. The number of carbonyl (C=O) groups is 2. The summed E-state index contributed by atoms with van der Waals surface area (Å²) < 4.78 is 0. The molecule has 6 heteroatoms. The largest absolute Gasteiger partial charge is 0.365 e. The van der Waals surface area contributed by atoms with Gasteiger partial charge in [0.2, 0.25) is 0 Å². The van der Waals surface area contributed by atoms with E-state index < -0.39 is 11.5 Å². The molecule has 1 unspecified atom stereocenters. The maximum Gasteiger partial charge on any atom is 0.357 e. The summed E-state index contributed by atoms with van der Waals surface area (Å²) in [6.45, 7) is 1.65. The van der Waals surface area contributed by atoms with Gasteiger partial charge in [0, 0.05) is 12.6 Å². The zero-order valence-corrected chi connectivity index (χ0v) is 9.93. The number of nitrogens with zero attached hydrogens (tertiary/aromatic N) is 2. The zero-order valence-electron chi connectivity index (χ0n) is 9.93. The minimum atomic E-state index is -1.13. The van der Waals surface area contributed by atoms with E-state index in [0.717, 1.165) is 0 Å². The molecule has 0 radical (unpaired) electrons. The average molecular weight is 245 g/mol. The van der Waals surface area contributed by atoms with Gasteiger partial charge in [0.1, 0.15) is 5.71 Å². The number of fused-ring (bicyclic) bond motifs is 3. The SMILES string of the molecule is CN1N=C2c3ccccc3C(=O)ONC2(C)C1=O. The Morgan fingerprint density at radius 3 is 2.67 bits per heavy atom. The van der Waals surface area contributed by atoms with Crippen molar-refractivity contribution in [3.63, 3.8) is 0 Å². The number of nitrogens with one attached hydrogen (secondary N) is 1. The number of rotatable bonds is 0.